The lowest BCUT2D eigenvalue weighted by Crippen LogP contribution is -2.52. The molecule has 0 aromatic rings. The van der Waals surface area contributed by atoms with Crippen LogP contribution in [0.4, 0.5) is 0 Å². The summed E-state index contributed by atoms with van der Waals surface area (Å²) in [5.74, 6) is 1.54. The number of aliphatic carboxylic acids is 2. The van der Waals surface area contributed by atoms with Gasteiger partial charge in [-0.2, -0.15) is 0 Å². The molecule has 0 aromatic carbocycles. The van der Waals surface area contributed by atoms with E-state index in [4.69, 9.17) is 5.11 Å². The number of aliphatic hydroxyl groups is 1. The standard InChI is InChI=1S/C24H40O5/c1-15(4-9-21(26)27)18-7-8-19-17-6-5-16(14-22(28)29)23(2,12-13-25)20(17)10-11-24(18,19)3/h15-20,25H,4-14H2,1-3H3,(H,26,27)(H,28,29)/t15-,16-,17+,18-,19+,20+,23+,24-/m1/s1. The van der Waals surface area contributed by atoms with E-state index >= 15 is 0 Å². The highest BCUT2D eigenvalue weighted by Gasteiger charge is 2.59. The first-order valence-electron chi connectivity index (χ1n) is 11.7. The minimum Gasteiger partial charge on any atom is -0.481 e. The molecule has 3 saturated carbocycles. The fourth-order valence-corrected chi connectivity index (χ4v) is 8.24. The smallest absolute Gasteiger partial charge is 0.303 e. The van der Waals surface area contributed by atoms with E-state index in [0.717, 1.165) is 32.1 Å². The van der Waals surface area contributed by atoms with E-state index in [9.17, 15) is 19.8 Å². The van der Waals surface area contributed by atoms with Crippen LogP contribution in [-0.4, -0.2) is 33.9 Å². The lowest BCUT2D eigenvalue weighted by atomic mass is 9.45. The van der Waals surface area contributed by atoms with Gasteiger partial charge in [0.25, 0.3) is 0 Å². The maximum atomic E-state index is 11.5. The van der Waals surface area contributed by atoms with E-state index in [-0.39, 0.29) is 36.2 Å². The third-order valence-corrected chi connectivity index (χ3v) is 9.71. The van der Waals surface area contributed by atoms with Gasteiger partial charge in [0.2, 0.25) is 0 Å². The molecule has 29 heavy (non-hydrogen) atoms. The summed E-state index contributed by atoms with van der Waals surface area (Å²) < 4.78 is 0. The summed E-state index contributed by atoms with van der Waals surface area (Å²) >= 11 is 0. The summed E-state index contributed by atoms with van der Waals surface area (Å²) in [5.41, 5.74) is 0.184. The van der Waals surface area contributed by atoms with Crippen LogP contribution in [0.2, 0.25) is 0 Å². The number of carboxylic acids is 2. The average molecular weight is 409 g/mol. The highest BCUT2D eigenvalue weighted by atomic mass is 16.4. The minimum atomic E-state index is -0.716. The molecular weight excluding hydrogens is 368 g/mol. The molecule has 0 aromatic heterocycles. The molecular formula is C24H40O5. The monoisotopic (exact) mass is 408 g/mol. The second kappa shape index (κ2) is 8.56. The number of fused-ring (bicyclic) bond motifs is 3. The average Bonchev–Trinajstić information content (AvgIpc) is 2.99. The van der Waals surface area contributed by atoms with Gasteiger partial charge in [0.05, 0.1) is 0 Å². The Kier molecular flexibility index (Phi) is 6.67. The first-order chi connectivity index (χ1) is 13.6. The van der Waals surface area contributed by atoms with Crippen LogP contribution in [-0.2, 0) is 9.59 Å². The molecule has 5 nitrogen and oxygen atoms in total. The Labute approximate surface area is 175 Å². The van der Waals surface area contributed by atoms with Crippen molar-refractivity contribution in [1.82, 2.24) is 0 Å². The van der Waals surface area contributed by atoms with Crippen molar-refractivity contribution in [2.24, 2.45) is 46.3 Å². The summed E-state index contributed by atoms with van der Waals surface area (Å²) in [4.78, 5) is 22.5. The van der Waals surface area contributed by atoms with Gasteiger partial charge >= 0.3 is 11.9 Å². The third-order valence-electron chi connectivity index (χ3n) is 9.71. The Morgan fingerprint density at radius 1 is 1.00 bits per heavy atom. The van der Waals surface area contributed by atoms with Crippen molar-refractivity contribution in [3.8, 4) is 0 Å². The van der Waals surface area contributed by atoms with Crippen molar-refractivity contribution >= 4 is 11.9 Å². The van der Waals surface area contributed by atoms with E-state index in [1.54, 1.807) is 0 Å². The van der Waals surface area contributed by atoms with Crippen molar-refractivity contribution in [3.63, 3.8) is 0 Å². The van der Waals surface area contributed by atoms with Crippen LogP contribution < -0.4 is 0 Å². The Morgan fingerprint density at radius 3 is 2.34 bits per heavy atom. The zero-order valence-electron chi connectivity index (χ0n) is 18.4. The van der Waals surface area contributed by atoms with Crippen molar-refractivity contribution in [2.45, 2.75) is 85.0 Å². The summed E-state index contributed by atoms with van der Waals surface area (Å²) in [6.07, 6.45) is 8.70. The largest absolute Gasteiger partial charge is 0.481 e. The molecule has 3 rings (SSSR count). The van der Waals surface area contributed by atoms with Gasteiger partial charge in [-0.1, -0.05) is 20.8 Å². The van der Waals surface area contributed by atoms with Crippen molar-refractivity contribution in [2.75, 3.05) is 6.61 Å². The molecule has 0 amide bonds. The highest BCUT2D eigenvalue weighted by Crippen LogP contribution is 2.67. The highest BCUT2D eigenvalue weighted by molar-refractivity contribution is 5.67. The number of carboxylic acid groups (broad SMARTS) is 2. The van der Waals surface area contributed by atoms with Crippen LogP contribution in [0.15, 0.2) is 0 Å². The Balaban J connectivity index is 1.80. The van der Waals surface area contributed by atoms with E-state index in [2.05, 4.69) is 20.8 Å². The quantitative estimate of drug-likeness (QED) is 0.535. The topological polar surface area (TPSA) is 94.8 Å². The summed E-state index contributed by atoms with van der Waals surface area (Å²) in [7, 11) is 0. The van der Waals surface area contributed by atoms with Crippen LogP contribution in [0.5, 0.6) is 0 Å². The predicted molar refractivity (Wildman–Crippen MR) is 111 cm³/mol. The molecule has 3 aliphatic rings. The molecule has 0 radical (unpaired) electrons. The van der Waals surface area contributed by atoms with Crippen LogP contribution in [0.3, 0.4) is 0 Å². The molecule has 3 aliphatic carbocycles. The van der Waals surface area contributed by atoms with Gasteiger partial charge in [0.15, 0.2) is 0 Å². The predicted octanol–water partition coefficient (Wildman–Crippen LogP) is 4.82. The van der Waals surface area contributed by atoms with Gasteiger partial charge in [-0.05, 0) is 97.7 Å². The van der Waals surface area contributed by atoms with Gasteiger partial charge in [0, 0.05) is 19.4 Å². The molecule has 0 heterocycles. The number of rotatable bonds is 8. The molecule has 166 valence electrons. The summed E-state index contributed by atoms with van der Waals surface area (Å²) in [6, 6.07) is 0. The third kappa shape index (κ3) is 4.08. The fraction of sp³-hybridized carbons (Fsp3) is 0.917. The van der Waals surface area contributed by atoms with Gasteiger partial charge in [-0.3, -0.25) is 9.59 Å². The van der Waals surface area contributed by atoms with Crippen LogP contribution >= 0.6 is 0 Å². The van der Waals surface area contributed by atoms with Gasteiger partial charge < -0.3 is 15.3 Å². The maximum Gasteiger partial charge on any atom is 0.303 e. The molecule has 0 spiro atoms. The number of hydrogen-bond donors (Lipinski definition) is 3. The fourth-order valence-electron chi connectivity index (χ4n) is 8.24. The van der Waals surface area contributed by atoms with E-state index in [1.807, 2.05) is 0 Å². The van der Waals surface area contributed by atoms with Crippen LogP contribution in [0, 0.1) is 46.3 Å². The van der Waals surface area contributed by atoms with E-state index < -0.39 is 11.9 Å². The van der Waals surface area contributed by atoms with Crippen molar-refractivity contribution in [1.29, 1.82) is 0 Å². The molecule has 3 N–H and O–H groups in total. The Hall–Kier alpha value is -1.10. The lowest BCUT2D eigenvalue weighted by Gasteiger charge is -2.59. The Bertz CT molecular complexity index is 618. The summed E-state index contributed by atoms with van der Waals surface area (Å²) in [6.45, 7) is 7.08. The van der Waals surface area contributed by atoms with E-state index in [1.165, 1.54) is 12.8 Å². The van der Waals surface area contributed by atoms with E-state index in [0.29, 0.717) is 36.0 Å². The van der Waals surface area contributed by atoms with Crippen molar-refractivity contribution in [3.05, 3.63) is 0 Å². The van der Waals surface area contributed by atoms with Crippen molar-refractivity contribution < 1.29 is 24.9 Å². The minimum absolute atomic E-state index is 0.0929. The molecule has 0 aliphatic heterocycles. The van der Waals surface area contributed by atoms with Gasteiger partial charge in [-0.25, -0.2) is 0 Å². The molecule has 8 atom stereocenters. The zero-order chi connectivity index (χ0) is 21.4. The second-order valence-electron chi connectivity index (χ2n) is 10.9. The summed E-state index contributed by atoms with van der Waals surface area (Å²) in [5, 5.41) is 28.3. The first kappa shape index (κ1) is 22.6. The van der Waals surface area contributed by atoms with Crippen LogP contribution in [0.1, 0.15) is 85.0 Å². The molecule has 0 bridgehead atoms. The van der Waals surface area contributed by atoms with Gasteiger partial charge in [0.1, 0.15) is 0 Å². The normalized spacial score (nSPS) is 42.7. The molecule has 0 saturated heterocycles. The SMILES string of the molecule is C[C@H](CCC(=O)O)[C@H]1CC[C@H]2[C@@H]3CC[C@H](CC(=O)O)[C@](C)(CCO)[C@H]3CC[C@]12C. The number of hydrogen-bond acceptors (Lipinski definition) is 3. The molecule has 3 fully saturated rings. The molecule has 5 heteroatoms. The first-order valence-corrected chi connectivity index (χ1v) is 11.7. The number of aliphatic hydroxyl groups excluding tert-OH is 1. The molecule has 0 unspecified atom stereocenters. The lowest BCUT2D eigenvalue weighted by molar-refractivity contribution is -0.146. The second-order valence-corrected chi connectivity index (χ2v) is 10.9. The maximum absolute atomic E-state index is 11.5. The van der Waals surface area contributed by atoms with Gasteiger partial charge in [-0.15, -0.1) is 0 Å². The zero-order valence-corrected chi connectivity index (χ0v) is 18.4. The van der Waals surface area contributed by atoms with Crippen LogP contribution in [0.25, 0.3) is 0 Å². The number of carbonyl (C=O) groups is 2. The Morgan fingerprint density at radius 2 is 1.72 bits per heavy atom.